The lowest BCUT2D eigenvalue weighted by Gasteiger charge is -2.17. The Labute approximate surface area is 116 Å². The summed E-state index contributed by atoms with van der Waals surface area (Å²) in [6.45, 7) is 5.61. The fourth-order valence-electron chi connectivity index (χ4n) is 2.02. The number of carbonyl (C=O) groups is 1. The third-order valence-electron chi connectivity index (χ3n) is 3.37. The standard InChI is InChI=1S/C15H22O3S/c1-4-12(3)11-19(17,18)14(5-2)15(16)13-9-7-6-8-10-13/h6-10,12,14H,4-5,11H2,1-3H3. The Hall–Kier alpha value is -1.16. The minimum Gasteiger partial charge on any atom is -0.293 e. The van der Waals surface area contributed by atoms with Gasteiger partial charge in [0.25, 0.3) is 0 Å². The summed E-state index contributed by atoms with van der Waals surface area (Å²) in [6, 6.07) is 8.65. The van der Waals surface area contributed by atoms with Gasteiger partial charge in [-0.15, -0.1) is 0 Å². The molecule has 0 radical (unpaired) electrons. The number of carbonyl (C=O) groups excluding carboxylic acids is 1. The van der Waals surface area contributed by atoms with Crippen molar-refractivity contribution < 1.29 is 13.2 Å². The van der Waals surface area contributed by atoms with Gasteiger partial charge in [0.2, 0.25) is 0 Å². The minimum atomic E-state index is -3.38. The maximum absolute atomic E-state index is 12.3. The number of rotatable bonds is 7. The Balaban J connectivity index is 2.98. The van der Waals surface area contributed by atoms with Gasteiger partial charge in [0.05, 0.1) is 5.75 Å². The molecule has 1 rings (SSSR count). The van der Waals surface area contributed by atoms with E-state index >= 15 is 0 Å². The molecule has 0 aliphatic heterocycles. The van der Waals surface area contributed by atoms with Crippen molar-refractivity contribution in [3.8, 4) is 0 Å². The zero-order chi connectivity index (χ0) is 14.5. The predicted octanol–water partition coefficient (Wildman–Crippen LogP) is 3.11. The van der Waals surface area contributed by atoms with E-state index in [9.17, 15) is 13.2 Å². The first-order valence-corrected chi connectivity index (χ1v) is 8.44. The van der Waals surface area contributed by atoms with Crippen LogP contribution < -0.4 is 0 Å². The largest absolute Gasteiger partial charge is 0.293 e. The van der Waals surface area contributed by atoms with Crippen LogP contribution >= 0.6 is 0 Å². The smallest absolute Gasteiger partial charge is 0.180 e. The highest BCUT2D eigenvalue weighted by molar-refractivity contribution is 7.92. The van der Waals surface area contributed by atoms with Crippen molar-refractivity contribution in [2.75, 3.05) is 5.75 Å². The highest BCUT2D eigenvalue weighted by atomic mass is 32.2. The van der Waals surface area contributed by atoms with E-state index in [2.05, 4.69) is 0 Å². The molecule has 0 spiro atoms. The number of Topliss-reactive ketones (excluding diaryl/α,β-unsaturated/α-hetero) is 1. The number of sulfone groups is 1. The molecule has 2 atom stereocenters. The van der Waals surface area contributed by atoms with Crippen LogP contribution in [0.5, 0.6) is 0 Å². The first kappa shape index (κ1) is 15.9. The lowest BCUT2D eigenvalue weighted by atomic mass is 10.1. The number of hydrogen-bond donors (Lipinski definition) is 0. The van der Waals surface area contributed by atoms with Crippen LogP contribution in [-0.2, 0) is 9.84 Å². The van der Waals surface area contributed by atoms with Gasteiger partial charge in [0.1, 0.15) is 5.25 Å². The Kier molecular flexibility index (Phi) is 5.73. The molecule has 0 aliphatic rings. The van der Waals surface area contributed by atoms with Crippen LogP contribution in [0.4, 0.5) is 0 Å². The van der Waals surface area contributed by atoms with Crippen LogP contribution in [0.25, 0.3) is 0 Å². The molecule has 4 heteroatoms. The molecule has 0 fully saturated rings. The summed E-state index contributed by atoms with van der Waals surface area (Å²) >= 11 is 0. The summed E-state index contributed by atoms with van der Waals surface area (Å²) in [7, 11) is -3.38. The van der Waals surface area contributed by atoms with Gasteiger partial charge < -0.3 is 0 Å². The van der Waals surface area contributed by atoms with Crippen LogP contribution in [0.1, 0.15) is 44.0 Å². The van der Waals surface area contributed by atoms with Crippen LogP contribution in [0.2, 0.25) is 0 Å². The first-order chi connectivity index (χ1) is 8.92. The van der Waals surface area contributed by atoms with Crippen LogP contribution in [0, 0.1) is 5.92 Å². The van der Waals surface area contributed by atoms with Gasteiger partial charge in [-0.25, -0.2) is 8.42 Å². The molecule has 1 aromatic carbocycles. The zero-order valence-corrected chi connectivity index (χ0v) is 12.6. The lowest BCUT2D eigenvalue weighted by molar-refractivity contribution is 0.0985. The topological polar surface area (TPSA) is 51.2 Å². The fraction of sp³-hybridized carbons (Fsp3) is 0.533. The second-order valence-electron chi connectivity index (χ2n) is 4.97. The van der Waals surface area contributed by atoms with Crippen molar-refractivity contribution in [2.45, 2.75) is 38.9 Å². The Bertz CT molecular complexity index is 505. The highest BCUT2D eigenvalue weighted by Crippen LogP contribution is 2.18. The van der Waals surface area contributed by atoms with Crippen molar-refractivity contribution >= 4 is 15.6 Å². The average molecular weight is 282 g/mol. The van der Waals surface area contributed by atoms with E-state index in [1.54, 1.807) is 31.2 Å². The molecule has 106 valence electrons. The molecule has 0 saturated carbocycles. The van der Waals surface area contributed by atoms with Gasteiger partial charge in [-0.05, 0) is 12.3 Å². The molecule has 0 aromatic heterocycles. The van der Waals surface area contributed by atoms with Gasteiger partial charge in [-0.3, -0.25) is 4.79 Å². The third kappa shape index (κ3) is 4.16. The van der Waals surface area contributed by atoms with E-state index in [1.807, 2.05) is 19.9 Å². The summed E-state index contributed by atoms with van der Waals surface area (Å²) < 4.78 is 24.7. The fourth-order valence-corrected chi connectivity index (χ4v) is 4.25. The minimum absolute atomic E-state index is 0.0839. The van der Waals surface area contributed by atoms with Crippen LogP contribution in [-0.4, -0.2) is 25.2 Å². The normalized spacial score (nSPS) is 14.9. The van der Waals surface area contributed by atoms with E-state index < -0.39 is 15.1 Å². The SMILES string of the molecule is CCC(C)CS(=O)(=O)C(CC)C(=O)c1ccccc1. The summed E-state index contributed by atoms with van der Waals surface area (Å²) in [5, 5.41) is -0.913. The number of ketones is 1. The lowest BCUT2D eigenvalue weighted by Crippen LogP contribution is -2.33. The Morgan fingerprint density at radius 3 is 2.16 bits per heavy atom. The van der Waals surface area contributed by atoms with E-state index in [4.69, 9.17) is 0 Å². The van der Waals surface area contributed by atoms with Gasteiger partial charge >= 0.3 is 0 Å². The maximum atomic E-state index is 12.3. The van der Waals surface area contributed by atoms with Crippen molar-refractivity contribution in [1.29, 1.82) is 0 Å². The first-order valence-electron chi connectivity index (χ1n) is 6.73. The van der Waals surface area contributed by atoms with Crippen molar-refractivity contribution in [2.24, 2.45) is 5.92 Å². The molecule has 0 amide bonds. The van der Waals surface area contributed by atoms with Gasteiger partial charge in [0, 0.05) is 5.56 Å². The molecule has 0 N–H and O–H groups in total. The average Bonchev–Trinajstić information content (AvgIpc) is 2.39. The quantitative estimate of drug-likeness (QED) is 0.722. The molecule has 1 aromatic rings. The molecule has 0 heterocycles. The Morgan fingerprint density at radius 1 is 1.11 bits per heavy atom. The van der Waals surface area contributed by atoms with Gasteiger partial charge in [-0.1, -0.05) is 57.5 Å². The van der Waals surface area contributed by atoms with Gasteiger partial charge in [0.15, 0.2) is 15.6 Å². The van der Waals surface area contributed by atoms with Crippen LogP contribution in [0.15, 0.2) is 30.3 Å². The molecule has 19 heavy (non-hydrogen) atoms. The third-order valence-corrected chi connectivity index (χ3v) is 5.82. The van der Waals surface area contributed by atoms with E-state index in [-0.39, 0.29) is 17.5 Å². The summed E-state index contributed by atoms with van der Waals surface area (Å²) in [5.41, 5.74) is 0.474. The predicted molar refractivity (Wildman–Crippen MR) is 78.1 cm³/mol. The van der Waals surface area contributed by atoms with Crippen molar-refractivity contribution in [3.63, 3.8) is 0 Å². The zero-order valence-electron chi connectivity index (χ0n) is 11.8. The molecule has 2 unspecified atom stereocenters. The number of hydrogen-bond acceptors (Lipinski definition) is 3. The maximum Gasteiger partial charge on any atom is 0.180 e. The molecule has 0 aliphatic carbocycles. The van der Waals surface area contributed by atoms with Crippen LogP contribution in [0.3, 0.4) is 0 Å². The summed E-state index contributed by atoms with van der Waals surface area (Å²) in [5.74, 6) is -0.116. The molecule has 0 saturated heterocycles. The second-order valence-corrected chi connectivity index (χ2v) is 7.20. The molecular formula is C15H22O3S. The summed E-state index contributed by atoms with van der Waals surface area (Å²) in [6.07, 6.45) is 1.13. The monoisotopic (exact) mass is 282 g/mol. The number of benzene rings is 1. The molecule has 0 bridgehead atoms. The van der Waals surface area contributed by atoms with E-state index in [1.165, 1.54) is 0 Å². The Morgan fingerprint density at radius 2 is 1.68 bits per heavy atom. The summed E-state index contributed by atoms with van der Waals surface area (Å²) in [4.78, 5) is 12.3. The second kappa shape index (κ2) is 6.85. The van der Waals surface area contributed by atoms with E-state index in [0.29, 0.717) is 12.0 Å². The molecular weight excluding hydrogens is 260 g/mol. The molecule has 3 nitrogen and oxygen atoms in total. The van der Waals surface area contributed by atoms with E-state index in [0.717, 1.165) is 6.42 Å². The van der Waals surface area contributed by atoms with Gasteiger partial charge in [-0.2, -0.15) is 0 Å². The van der Waals surface area contributed by atoms with Crippen molar-refractivity contribution in [3.05, 3.63) is 35.9 Å². The highest BCUT2D eigenvalue weighted by Gasteiger charge is 2.32. The van der Waals surface area contributed by atoms with Crippen molar-refractivity contribution in [1.82, 2.24) is 0 Å².